The Morgan fingerprint density at radius 3 is 2.58 bits per heavy atom. The average molecular weight is 386 g/mol. The summed E-state index contributed by atoms with van der Waals surface area (Å²) in [5.74, 6) is 0. The lowest BCUT2D eigenvalue weighted by Crippen LogP contribution is -2.27. The summed E-state index contributed by atoms with van der Waals surface area (Å²) >= 11 is 0. The first-order chi connectivity index (χ1) is 12.2. The molecule has 3 N–H and O–H groups in total. The third-order valence-electron chi connectivity index (χ3n) is 3.61. The van der Waals surface area contributed by atoms with Crippen LogP contribution in [0.3, 0.4) is 0 Å². The van der Waals surface area contributed by atoms with Gasteiger partial charge in [-0.2, -0.15) is 18.3 Å². The topological polar surface area (TPSA) is 108 Å². The second-order valence-electron chi connectivity index (χ2n) is 5.36. The molecule has 0 aliphatic rings. The number of sulfonamides is 1. The number of rotatable bonds is 5. The minimum atomic E-state index is -4.54. The van der Waals surface area contributed by atoms with E-state index in [9.17, 15) is 21.6 Å². The molecule has 3 aromatic rings. The first-order valence-electron chi connectivity index (χ1n) is 7.33. The van der Waals surface area contributed by atoms with Gasteiger partial charge in [-0.1, -0.05) is 0 Å². The van der Waals surface area contributed by atoms with Crippen molar-refractivity contribution in [2.24, 2.45) is 0 Å². The zero-order valence-electron chi connectivity index (χ0n) is 13.1. The number of benzene rings is 1. The van der Waals surface area contributed by atoms with Crippen molar-refractivity contribution in [3.8, 4) is 11.1 Å². The van der Waals surface area contributed by atoms with E-state index in [4.69, 9.17) is 5.11 Å². The summed E-state index contributed by atoms with van der Waals surface area (Å²) in [6.07, 6.45) is -1.98. The third kappa shape index (κ3) is 3.54. The lowest BCUT2D eigenvalue weighted by atomic mass is 10.0. The number of H-pyrrole nitrogens is 1. The van der Waals surface area contributed by atoms with E-state index in [1.54, 1.807) is 0 Å². The lowest BCUT2D eigenvalue weighted by molar-refractivity contribution is -0.137. The van der Waals surface area contributed by atoms with E-state index >= 15 is 0 Å². The number of fused-ring (bicyclic) bond motifs is 1. The van der Waals surface area contributed by atoms with Gasteiger partial charge in [0.15, 0.2) is 5.03 Å². The second-order valence-corrected chi connectivity index (χ2v) is 7.07. The largest absolute Gasteiger partial charge is 0.416 e. The predicted molar refractivity (Wildman–Crippen MR) is 86.6 cm³/mol. The summed E-state index contributed by atoms with van der Waals surface area (Å²) in [5.41, 5.74) is -0.117. The number of aliphatic hydroxyl groups is 1. The fraction of sp³-hybridized carbons (Fsp3) is 0.200. The number of nitrogens with one attached hydrogen (secondary N) is 2. The Bertz CT molecular complexity index is 1030. The molecule has 0 unspecified atom stereocenters. The number of nitrogens with zero attached hydrogens (tertiary/aromatic N) is 2. The second kappa shape index (κ2) is 6.67. The van der Waals surface area contributed by atoms with Crippen molar-refractivity contribution in [1.29, 1.82) is 0 Å². The summed E-state index contributed by atoms with van der Waals surface area (Å²) in [6.45, 7) is -0.547. The molecule has 0 radical (unpaired) electrons. The number of aromatic amines is 1. The van der Waals surface area contributed by atoms with Crippen molar-refractivity contribution >= 4 is 20.9 Å². The molecule has 0 saturated carbocycles. The minimum Gasteiger partial charge on any atom is -0.395 e. The van der Waals surface area contributed by atoms with Crippen molar-refractivity contribution in [2.45, 2.75) is 11.2 Å². The molecular weight excluding hydrogens is 373 g/mol. The molecule has 0 atom stereocenters. The number of aliphatic hydroxyl groups excluding tert-OH is 1. The van der Waals surface area contributed by atoms with Crippen LogP contribution in [-0.2, 0) is 16.2 Å². The van der Waals surface area contributed by atoms with E-state index in [0.717, 1.165) is 12.1 Å². The van der Waals surface area contributed by atoms with E-state index < -0.39 is 21.8 Å². The predicted octanol–water partition coefficient (Wildman–Crippen LogP) is 1.91. The van der Waals surface area contributed by atoms with Gasteiger partial charge < -0.3 is 5.11 Å². The fourth-order valence-corrected chi connectivity index (χ4v) is 3.35. The van der Waals surface area contributed by atoms with Gasteiger partial charge in [-0.15, -0.1) is 0 Å². The van der Waals surface area contributed by atoms with Crippen LogP contribution >= 0.6 is 0 Å². The highest BCUT2D eigenvalue weighted by Crippen LogP contribution is 2.36. The van der Waals surface area contributed by atoms with Crippen LogP contribution in [0.5, 0.6) is 0 Å². The number of pyridine rings is 1. The van der Waals surface area contributed by atoms with Crippen LogP contribution in [0.2, 0.25) is 0 Å². The molecule has 0 aliphatic carbocycles. The van der Waals surface area contributed by atoms with Gasteiger partial charge in [0.25, 0.3) is 10.0 Å². The molecular formula is C15H13F3N4O3S. The molecule has 2 heterocycles. The van der Waals surface area contributed by atoms with Gasteiger partial charge in [0.2, 0.25) is 0 Å². The SMILES string of the molecule is O=S(=O)(NCCO)c1ccc(-c2cc(C(F)(F)F)cc3[nH]ncc23)cn1. The van der Waals surface area contributed by atoms with Crippen LogP contribution in [0.1, 0.15) is 5.56 Å². The summed E-state index contributed by atoms with van der Waals surface area (Å²) in [5, 5.41) is 15.1. The quantitative estimate of drug-likeness (QED) is 0.621. The van der Waals surface area contributed by atoms with Gasteiger partial charge in [-0.3, -0.25) is 5.10 Å². The average Bonchev–Trinajstić information content (AvgIpc) is 3.07. The Labute approximate surface area is 145 Å². The highest BCUT2D eigenvalue weighted by Gasteiger charge is 2.32. The van der Waals surface area contributed by atoms with Crippen molar-refractivity contribution in [3.63, 3.8) is 0 Å². The Kier molecular flexibility index (Phi) is 4.69. The Morgan fingerprint density at radius 1 is 1.19 bits per heavy atom. The van der Waals surface area contributed by atoms with Crippen molar-refractivity contribution in [2.75, 3.05) is 13.2 Å². The maximum Gasteiger partial charge on any atom is 0.416 e. The number of halogens is 3. The number of hydrogen-bond acceptors (Lipinski definition) is 5. The molecule has 1 aromatic carbocycles. The maximum atomic E-state index is 13.1. The van der Waals surface area contributed by atoms with E-state index in [1.165, 1.54) is 24.5 Å². The van der Waals surface area contributed by atoms with E-state index in [0.29, 0.717) is 10.9 Å². The molecule has 0 bridgehead atoms. The van der Waals surface area contributed by atoms with Gasteiger partial charge in [0.05, 0.1) is 23.9 Å². The number of alkyl halides is 3. The van der Waals surface area contributed by atoms with Crippen LogP contribution in [0, 0.1) is 0 Å². The molecule has 2 aromatic heterocycles. The third-order valence-corrected chi connectivity index (χ3v) is 4.99. The van der Waals surface area contributed by atoms with Crippen LogP contribution in [0.4, 0.5) is 13.2 Å². The zero-order chi connectivity index (χ0) is 18.9. The summed E-state index contributed by atoms with van der Waals surface area (Å²) in [7, 11) is -3.90. The molecule has 26 heavy (non-hydrogen) atoms. The highest BCUT2D eigenvalue weighted by atomic mass is 32.2. The van der Waals surface area contributed by atoms with Gasteiger partial charge >= 0.3 is 6.18 Å². The first kappa shape index (κ1) is 18.3. The summed E-state index contributed by atoms with van der Waals surface area (Å²) in [6, 6.07) is 4.47. The zero-order valence-corrected chi connectivity index (χ0v) is 13.9. The number of aromatic nitrogens is 3. The van der Waals surface area contributed by atoms with Gasteiger partial charge in [-0.25, -0.2) is 18.1 Å². The minimum absolute atomic E-state index is 0.172. The van der Waals surface area contributed by atoms with E-state index in [2.05, 4.69) is 19.9 Å². The molecule has 11 heteroatoms. The van der Waals surface area contributed by atoms with Crippen molar-refractivity contribution in [1.82, 2.24) is 19.9 Å². The van der Waals surface area contributed by atoms with E-state index in [-0.39, 0.29) is 29.3 Å². The molecule has 138 valence electrons. The standard InChI is InChI=1S/C15H13F3N4O3S/c16-15(17,18)10-5-11(12-8-20-22-13(12)6-10)9-1-2-14(19-7-9)26(24,25)21-3-4-23/h1-2,5-8,21,23H,3-4H2,(H,20,22). The molecule has 7 nitrogen and oxygen atoms in total. The summed E-state index contributed by atoms with van der Waals surface area (Å²) < 4.78 is 65.3. The van der Waals surface area contributed by atoms with Crippen molar-refractivity contribution in [3.05, 3.63) is 42.2 Å². The molecule has 3 rings (SSSR count). The van der Waals surface area contributed by atoms with Crippen LogP contribution in [-0.4, -0.2) is 41.9 Å². The van der Waals surface area contributed by atoms with Crippen LogP contribution in [0.15, 0.2) is 41.7 Å². The Morgan fingerprint density at radius 2 is 1.96 bits per heavy atom. The van der Waals surface area contributed by atoms with Crippen LogP contribution < -0.4 is 4.72 Å². The van der Waals surface area contributed by atoms with Crippen molar-refractivity contribution < 1.29 is 26.7 Å². The Balaban J connectivity index is 2.06. The maximum absolute atomic E-state index is 13.1. The monoisotopic (exact) mass is 386 g/mol. The molecule has 0 spiro atoms. The first-order valence-corrected chi connectivity index (χ1v) is 8.82. The molecule has 0 saturated heterocycles. The highest BCUT2D eigenvalue weighted by molar-refractivity contribution is 7.89. The Hall–Kier alpha value is -2.50. The van der Waals surface area contributed by atoms with Gasteiger partial charge in [0.1, 0.15) is 0 Å². The smallest absolute Gasteiger partial charge is 0.395 e. The fourth-order valence-electron chi connectivity index (χ4n) is 2.41. The van der Waals surface area contributed by atoms with Crippen LogP contribution in [0.25, 0.3) is 22.0 Å². The summed E-state index contributed by atoms with van der Waals surface area (Å²) in [4.78, 5) is 3.82. The van der Waals surface area contributed by atoms with E-state index in [1.807, 2.05) is 0 Å². The molecule has 0 fully saturated rings. The normalized spacial score (nSPS) is 12.6. The molecule has 0 aliphatic heterocycles. The number of hydrogen-bond donors (Lipinski definition) is 3. The van der Waals surface area contributed by atoms with Gasteiger partial charge in [-0.05, 0) is 29.8 Å². The van der Waals surface area contributed by atoms with Gasteiger partial charge in [0, 0.05) is 23.7 Å². The lowest BCUT2D eigenvalue weighted by Gasteiger charge is -2.11. The molecule has 0 amide bonds.